The minimum absolute atomic E-state index is 0.0490. The lowest BCUT2D eigenvalue weighted by Gasteiger charge is -2.34. The van der Waals surface area contributed by atoms with Crippen molar-refractivity contribution in [3.63, 3.8) is 0 Å². The first-order chi connectivity index (χ1) is 11.1. The number of rotatable bonds is 4. The number of phenols is 1. The molecule has 0 saturated heterocycles. The summed E-state index contributed by atoms with van der Waals surface area (Å²) in [6.07, 6.45) is 0.254. The highest BCUT2D eigenvalue weighted by Crippen LogP contribution is 2.44. The molecule has 1 aromatic carbocycles. The van der Waals surface area contributed by atoms with Gasteiger partial charge in [-0.05, 0) is 26.3 Å². The molecule has 1 N–H and O–H groups in total. The van der Waals surface area contributed by atoms with E-state index in [0.717, 1.165) is 5.57 Å². The number of hydrogen-bond acceptors (Lipinski definition) is 6. The normalized spacial score (nSPS) is 15.1. The number of cyclic esters (lactones) is 1. The predicted molar refractivity (Wildman–Crippen MR) is 87.4 cm³/mol. The van der Waals surface area contributed by atoms with E-state index >= 15 is 0 Å². The van der Waals surface area contributed by atoms with Crippen molar-refractivity contribution in [2.24, 2.45) is 0 Å². The van der Waals surface area contributed by atoms with Crippen molar-refractivity contribution in [1.29, 1.82) is 0 Å². The van der Waals surface area contributed by atoms with Gasteiger partial charge in [-0.2, -0.15) is 0 Å². The summed E-state index contributed by atoms with van der Waals surface area (Å²) >= 11 is 0. The van der Waals surface area contributed by atoms with Crippen molar-refractivity contribution in [3.8, 4) is 11.5 Å². The molecule has 130 valence electrons. The number of hydrogen-bond donors (Lipinski definition) is 1. The van der Waals surface area contributed by atoms with Gasteiger partial charge in [0, 0.05) is 25.8 Å². The molecule has 6 heteroatoms. The van der Waals surface area contributed by atoms with E-state index in [1.54, 1.807) is 34.6 Å². The summed E-state index contributed by atoms with van der Waals surface area (Å²) in [5.41, 5.74) is 1.42. The highest BCUT2D eigenvalue weighted by molar-refractivity contribution is 6.03. The molecule has 1 aliphatic heterocycles. The molecule has 0 radical (unpaired) electrons. The fourth-order valence-electron chi connectivity index (χ4n) is 2.70. The molecule has 24 heavy (non-hydrogen) atoms. The second kappa shape index (κ2) is 6.19. The number of carbonyl (C=O) groups is 2. The van der Waals surface area contributed by atoms with Crippen molar-refractivity contribution in [2.45, 2.75) is 46.8 Å². The number of fused-ring (bicyclic) bond motifs is 1. The van der Waals surface area contributed by atoms with Crippen molar-refractivity contribution in [1.82, 2.24) is 0 Å². The summed E-state index contributed by atoms with van der Waals surface area (Å²) < 4.78 is 16.0. The van der Waals surface area contributed by atoms with Crippen LogP contribution in [-0.2, 0) is 15.9 Å². The Kier molecular flexibility index (Phi) is 4.60. The standard InChI is InChI=1S/C18H22O6/c1-7-22-16(20)12-10(4)13-15(11(14(12)19)8-9(2)3)23-18(5,6)24-17(13)21/h19H,2,7-8H2,1,3-6H3. The maximum absolute atomic E-state index is 12.4. The summed E-state index contributed by atoms with van der Waals surface area (Å²) in [5, 5.41) is 10.7. The third-order valence-electron chi connectivity index (χ3n) is 3.62. The van der Waals surface area contributed by atoms with Gasteiger partial charge in [0.25, 0.3) is 0 Å². The zero-order valence-corrected chi connectivity index (χ0v) is 14.6. The molecule has 0 saturated carbocycles. The molecule has 1 aliphatic rings. The summed E-state index contributed by atoms with van der Waals surface area (Å²) in [6.45, 7) is 12.2. The molecule has 0 aromatic heterocycles. The second-order valence-electron chi connectivity index (χ2n) is 6.28. The van der Waals surface area contributed by atoms with Gasteiger partial charge in [-0.15, -0.1) is 0 Å². The number of ether oxygens (including phenoxy) is 3. The van der Waals surface area contributed by atoms with Gasteiger partial charge in [0.2, 0.25) is 5.79 Å². The van der Waals surface area contributed by atoms with Crippen LogP contribution in [0, 0.1) is 6.92 Å². The smallest absolute Gasteiger partial charge is 0.345 e. The number of esters is 2. The average Bonchev–Trinajstić information content (AvgIpc) is 2.41. The first kappa shape index (κ1) is 17.8. The Morgan fingerprint density at radius 2 is 1.96 bits per heavy atom. The molecule has 0 spiro atoms. The van der Waals surface area contributed by atoms with Crippen LogP contribution in [0.15, 0.2) is 12.2 Å². The summed E-state index contributed by atoms with van der Waals surface area (Å²) in [6, 6.07) is 0. The SMILES string of the molecule is C=C(C)Cc1c(O)c(C(=O)OCC)c(C)c2c1OC(C)(C)OC2=O. The van der Waals surface area contributed by atoms with Crippen LogP contribution in [0.3, 0.4) is 0 Å². The highest BCUT2D eigenvalue weighted by atomic mass is 16.7. The average molecular weight is 334 g/mol. The molecule has 1 heterocycles. The van der Waals surface area contributed by atoms with Crippen LogP contribution in [0.1, 0.15) is 59.5 Å². The number of aromatic hydroxyl groups is 1. The molecule has 1 aromatic rings. The van der Waals surface area contributed by atoms with Crippen LogP contribution in [0.25, 0.3) is 0 Å². The minimum Gasteiger partial charge on any atom is -0.507 e. The van der Waals surface area contributed by atoms with Crippen LogP contribution < -0.4 is 4.74 Å². The van der Waals surface area contributed by atoms with Crippen LogP contribution >= 0.6 is 0 Å². The van der Waals surface area contributed by atoms with E-state index in [9.17, 15) is 14.7 Å². The van der Waals surface area contributed by atoms with Crippen molar-refractivity contribution < 1.29 is 28.9 Å². The molecule has 0 unspecified atom stereocenters. The Labute approximate surface area is 141 Å². The van der Waals surface area contributed by atoms with Crippen molar-refractivity contribution >= 4 is 11.9 Å². The third kappa shape index (κ3) is 3.09. The maximum Gasteiger partial charge on any atom is 0.345 e. The second-order valence-corrected chi connectivity index (χ2v) is 6.28. The van der Waals surface area contributed by atoms with Gasteiger partial charge < -0.3 is 19.3 Å². The number of carbonyl (C=O) groups excluding carboxylic acids is 2. The third-order valence-corrected chi connectivity index (χ3v) is 3.62. The minimum atomic E-state index is -1.17. The summed E-state index contributed by atoms with van der Waals surface area (Å²) in [7, 11) is 0. The quantitative estimate of drug-likeness (QED) is 0.672. The van der Waals surface area contributed by atoms with Gasteiger partial charge in [0.05, 0.1) is 6.61 Å². The van der Waals surface area contributed by atoms with E-state index in [2.05, 4.69) is 6.58 Å². The zero-order valence-electron chi connectivity index (χ0n) is 14.6. The molecular formula is C18H22O6. The van der Waals surface area contributed by atoms with Crippen LogP contribution in [0.2, 0.25) is 0 Å². The van der Waals surface area contributed by atoms with Crippen molar-refractivity contribution in [2.75, 3.05) is 6.61 Å². The van der Waals surface area contributed by atoms with E-state index in [4.69, 9.17) is 14.2 Å². The van der Waals surface area contributed by atoms with Gasteiger partial charge in [-0.1, -0.05) is 12.2 Å². The number of benzene rings is 1. The van der Waals surface area contributed by atoms with E-state index in [-0.39, 0.29) is 41.2 Å². The molecule has 0 fully saturated rings. The molecule has 0 atom stereocenters. The van der Waals surface area contributed by atoms with E-state index < -0.39 is 17.7 Å². The Balaban J connectivity index is 2.80. The lowest BCUT2D eigenvalue weighted by Crippen LogP contribution is -2.40. The van der Waals surface area contributed by atoms with Crippen LogP contribution in [0.4, 0.5) is 0 Å². The monoisotopic (exact) mass is 334 g/mol. The number of allylic oxidation sites excluding steroid dienone is 1. The lowest BCUT2D eigenvalue weighted by atomic mass is 9.92. The first-order valence-corrected chi connectivity index (χ1v) is 7.71. The highest BCUT2D eigenvalue weighted by Gasteiger charge is 2.40. The van der Waals surface area contributed by atoms with Crippen LogP contribution in [-0.4, -0.2) is 29.4 Å². The molecule has 0 bridgehead atoms. The molecular weight excluding hydrogens is 312 g/mol. The van der Waals surface area contributed by atoms with E-state index in [1.165, 1.54) is 0 Å². The predicted octanol–water partition coefficient (Wildman–Crippen LogP) is 3.28. The first-order valence-electron chi connectivity index (χ1n) is 7.71. The van der Waals surface area contributed by atoms with Gasteiger partial charge >= 0.3 is 11.9 Å². The molecule has 6 nitrogen and oxygen atoms in total. The fraction of sp³-hybridized carbons (Fsp3) is 0.444. The Hall–Kier alpha value is -2.50. The van der Waals surface area contributed by atoms with Gasteiger partial charge in [-0.25, -0.2) is 9.59 Å². The Morgan fingerprint density at radius 3 is 2.50 bits per heavy atom. The lowest BCUT2D eigenvalue weighted by molar-refractivity contribution is -0.128. The summed E-state index contributed by atoms with van der Waals surface area (Å²) in [5.74, 6) is -2.50. The van der Waals surface area contributed by atoms with Crippen LogP contribution in [0.5, 0.6) is 11.5 Å². The fourth-order valence-corrected chi connectivity index (χ4v) is 2.70. The Bertz CT molecular complexity index is 730. The largest absolute Gasteiger partial charge is 0.507 e. The molecule has 0 aliphatic carbocycles. The summed E-state index contributed by atoms with van der Waals surface area (Å²) in [4.78, 5) is 24.7. The zero-order chi connectivity index (χ0) is 18.2. The van der Waals surface area contributed by atoms with E-state index in [1.807, 2.05) is 0 Å². The maximum atomic E-state index is 12.4. The van der Waals surface area contributed by atoms with Gasteiger partial charge in [0.15, 0.2) is 0 Å². The topological polar surface area (TPSA) is 82.1 Å². The molecule has 0 amide bonds. The van der Waals surface area contributed by atoms with E-state index in [0.29, 0.717) is 5.56 Å². The van der Waals surface area contributed by atoms with Gasteiger partial charge in [0.1, 0.15) is 22.6 Å². The molecule has 2 rings (SSSR count). The van der Waals surface area contributed by atoms with Crippen molar-refractivity contribution in [3.05, 3.63) is 34.4 Å². The van der Waals surface area contributed by atoms with Gasteiger partial charge in [-0.3, -0.25) is 0 Å². The Morgan fingerprint density at radius 1 is 1.33 bits per heavy atom. The number of phenolic OH excluding ortho intramolecular Hbond substituents is 1.